The monoisotopic (exact) mass is 199 g/mol. The van der Waals surface area contributed by atoms with Gasteiger partial charge in [0.2, 0.25) is 0 Å². The fraction of sp³-hybridized carbons (Fsp3) is 0.286. The fourth-order valence-electron chi connectivity index (χ4n) is 1.92. The molecule has 0 aliphatic rings. The highest BCUT2D eigenvalue weighted by Gasteiger charge is 2.05. The van der Waals surface area contributed by atoms with Gasteiger partial charge in [0.1, 0.15) is 0 Å². The molecule has 0 radical (unpaired) electrons. The van der Waals surface area contributed by atoms with Crippen molar-refractivity contribution in [3.63, 3.8) is 0 Å². The highest BCUT2D eigenvalue weighted by molar-refractivity contribution is 5.90. The number of hydrogen-bond acceptors (Lipinski definition) is 0. The molecule has 0 aliphatic carbocycles. The van der Waals surface area contributed by atoms with Crippen LogP contribution >= 0.6 is 0 Å². The fourth-order valence-corrected chi connectivity index (χ4v) is 1.92. The van der Waals surface area contributed by atoms with Crippen LogP contribution in [-0.4, -0.2) is 4.98 Å². The Morgan fingerprint density at radius 2 is 2.00 bits per heavy atom. The van der Waals surface area contributed by atoms with Gasteiger partial charge in [-0.15, -0.1) is 0 Å². The van der Waals surface area contributed by atoms with Crippen LogP contribution in [-0.2, 0) is 6.42 Å². The number of allylic oxidation sites excluding steroid dienone is 1. The van der Waals surface area contributed by atoms with E-state index in [-0.39, 0.29) is 0 Å². The number of benzene rings is 1. The third kappa shape index (κ3) is 1.82. The summed E-state index contributed by atoms with van der Waals surface area (Å²) in [5.41, 5.74) is 3.93. The normalized spacial score (nSPS) is 11.6. The molecule has 0 spiro atoms. The minimum Gasteiger partial charge on any atom is -0.358 e. The molecule has 0 aliphatic heterocycles. The molecule has 1 nitrogen and oxygen atoms in total. The summed E-state index contributed by atoms with van der Waals surface area (Å²) in [5.74, 6) is 0. The van der Waals surface area contributed by atoms with Gasteiger partial charge in [0.15, 0.2) is 0 Å². The maximum Gasteiger partial charge on any atom is 0.0462 e. The van der Waals surface area contributed by atoms with Crippen LogP contribution in [0.2, 0.25) is 0 Å². The maximum atomic E-state index is 3.47. The van der Waals surface area contributed by atoms with Crippen LogP contribution in [0.15, 0.2) is 30.3 Å². The van der Waals surface area contributed by atoms with Crippen molar-refractivity contribution in [1.29, 1.82) is 0 Å². The zero-order valence-electron chi connectivity index (χ0n) is 9.38. The van der Waals surface area contributed by atoms with E-state index in [9.17, 15) is 0 Å². The van der Waals surface area contributed by atoms with E-state index in [1.54, 1.807) is 0 Å². The molecule has 1 N–H and O–H groups in total. The van der Waals surface area contributed by atoms with E-state index in [0.717, 1.165) is 12.8 Å². The molecule has 1 aromatic carbocycles. The topological polar surface area (TPSA) is 15.8 Å². The molecule has 0 atom stereocenters. The molecule has 2 rings (SSSR count). The van der Waals surface area contributed by atoms with Gasteiger partial charge < -0.3 is 4.98 Å². The first-order chi connectivity index (χ1) is 7.36. The molecule has 1 aromatic heterocycles. The largest absolute Gasteiger partial charge is 0.358 e. The summed E-state index contributed by atoms with van der Waals surface area (Å²) in [6, 6.07) is 8.49. The second-order valence-corrected chi connectivity index (χ2v) is 3.73. The van der Waals surface area contributed by atoms with Gasteiger partial charge in [-0.3, -0.25) is 0 Å². The lowest BCUT2D eigenvalue weighted by atomic mass is 10.1. The van der Waals surface area contributed by atoms with Gasteiger partial charge >= 0.3 is 0 Å². The lowest BCUT2D eigenvalue weighted by Crippen LogP contribution is -1.81. The average Bonchev–Trinajstić information content (AvgIpc) is 2.64. The lowest BCUT2D eigenvalue weighted by Gasteiger charge is -1.94. The lowest BCUT2D eigenvalue weighted by molar-refractivity contribution is 1.07. The van der Waals surface area contributed by atoms with E-state index < -0.39 is 0 Å². The molecule has 0 unspecified atom stereocenters. The maximum absolute atomic E-state index is 3.47. The summed E-state index contributed by atoms with van der Waals surface area (Å²) in [5, 5.41) is 1.33. The first-order valence-corrected chi connectivity index (χ1v) is 5.63. The van der Waals surface area contributed by atoms with E-state index in [1.807, 2.05) is 0 Å². The average molecular weight is 199 g/mol. The molecular weight excluding hydrogens is 182 g/mol. The van der Waals surface area contributed by atoms with Crippen molar-refractivity contribution in [2.45, 2.75) is 26.7 Å². The molecule has 15 heavy (non-hydrogen) atoms. The first-order valence-electron chi connectivity index (χ1n) is 5.63. The summed E-state index contributed by atoms with van der Waals surface area (Å²) in [7, 11) is 0. The molecule has 78 valence electrons. The number of rotatable bonds is 3. The van der Waals surface area contributed by atoms with Crippen molar-refractivity contribution in [2.75, 3.05) is 0 Å². The summed E-state index contributed by atoms with van der Waals surface area (Å²) < 4.78 is 0. The molecular formula is C14H17N. The summed E-state index contributed by atoms with van der Waals surface area (Å²) >= 11 is 0. The second-order valence-electron chi connectivity index (χ2n) is 3.73. The molecule has 1 heterocycles. The van der Waals surface area contributed by atoms with Gasteiger partial charge in [-0.05, 0) is 18.9 Å². The number of aromatic nitrogens is 1. The van der Waals surface area contributed by atoms with Crippen molar-refractivity contribution in [1.82, 2.24) is 4.98 Å². The number of para-hydroxylation sites is 1. The summed E-state index contributed by atoms with van der Waals surface area (Å²) in [6.45, 7) is 4.35. The first kappa shape index (κ1) is 10.0. The van der Waals surface area contributed by atoms with Crippen LogP contribution in [0.1, 0.15) is 31.5 Å². The Balaban J connectivity index is 2.61. The van der Waals surface area contributed by atoms with Gasteiger partial charge in [-0.1, -0.05) is 44.2 Å². The predicted molar refractivity (Wildman–Crippen MR) is 67.0 cm³/mol. The Morgan fingerprint density at radius 1 is 1.20 bits per heavy atom. The minimum absolute atomic E-state index is 1.05. The van der Waals surface area contributed by atoms with E-state index in [0.29, 0.717) is 0 Å². The van der Waals surface area contributed by atoms with Gasteiger partial charge in [0.25, 0.3) is 0 Å². The number of fused-ring (bicyclic) bond motifs is 1. The second kappa shape index (κ2) is 4.35. The Morgan fingerprint density at radius 3 is 2.73 bits per heavy atom. The van der Waals surface area contributed by atoms with Gasteiger partial charge in [0, 0.05) is 22.2 Å². The Kier molecular flexibility index (Phi) is 2.91. The molecule has 0 saturated heterocycles. The van der Waals surface area contributed by atoms with Crippen molar-refractivity contribution >= 4 is 17.0 Å². The van der Waals surface area contributed by atoms with E-state index in [2.05, 4.69) is 55.2 Å². The third-order valence-corrected chi connectivity index (χ3v) is 2.70. The SMILES string of the molecule is CC/C=C\c1c(CC)[nH]c2ccccc12. The predicted octanol–water partition coefficient (Wildman–Crippen LogP) is 4.15. The molecule has 1 heteroatoms. The highest BCUT2D eigenvalue weighted by atomic mass is 14.7. The van der Waals surface area contributed by atoms with Crippen LogP contribution < -0.4 is 0 Å². The molecule has 0 amide bonds. The molecule has 0 fully saturated rings. The van der Waals surface area contributed by atoms with Crippen LogP contribution in [0.4, 0.5) is 0 Å². The number of aryl methyl sites for hydroxylation is 1. The number of H-pyrrole nitrogens is 1. The number of aromatic amines is 1. The van der Waals surface area contributed by atoms with Crippen molar-refractivity contribution < 1.29 is 0 Å². The van der Waals surface area contributed by atoms with Crippen LogP contribution in [0.3, 0.4) is 0 Å². The van der Waals surface area contributed by atoms with Crippen LogP contribution in [0, 0.1) is 0 Å². The smallest absolute Gasteiger partial charge is 0.0462 e. The Labute approximate surface area is 90.8 Å². The molecule has 0 bridgehead atoms. The van der Waals surface area contributed by atoms with Crippen LogP contribution in [0.25, 0.3) is 17.0 Å². The van der Waals surface area contributed by atoms with Crippen molar-refractivity contribution in [2.24, 2.45) is 0 Å². The van der Waals surface area contributed by atoms with Crippen molar-refractivity contribution in [3.05, 3.63) is 41.6 Å². The molecule has 0 saturated carbocycles. The zero-order valence-corrected chi connectivity index (χ0v) is 9.38. The Hall–Kier alpha value is -1.50. The van der Waals surface area contributed by atoms with Gasteiger partial charge in [-0.2, -0.15) is 0 Å². The molecule has 2 aromatic rings. The standard InChI is InChI=1S/C14H17N/c1-3-5-8-11-12-9-6-7-10-14(12)15-13(11)4-2/h5-10,15H,3-4H2,1-2H3/b8-5-. The highest BCUT2D eigenvalue weighted by Crippen LogP contribution is 2.24. The van der Waals surface area contributed by atoms with E-state index in [1.165, 1.54) is 22.2 Å². The third-order valence-electron chi connectivity index (χ3n) is 2.70. The zero-order chi connectivity index (χ0) is 10.7. The number of hydrogen-bond donors (Lipinski definition) is 1. The summed E-state index contributed by atoms with van der Waals surface area (Å²) in [6.07, 6.45) is 6.59. The number of nitrogens with one attached hydrogen (secondary N) is 1. The van der Waals surface area contributed by atoms with Crippen LogP contribution in [0.5, 0.6) is 0 Å². The van der Waals surface area contributed by atoms with Crippen molar-refractivity contribution in [3.8, 4) is 0 Å². The van der Waals surface area contributed by atoms with Gasteiger partial charge in [0.05, 0.1) is 0 Å². The quantitative estimate of drug-likeness (QED) is 0.764. The minimum atomic E-state index is 1.05. The summed E-state index contributed by atoms with van der Waals surface area (Å²) in [4.78, 5) is 3.47. The van der Waals surface area contributed by atoms with Gasteiger partial charge in [-0.25, -0.2) is 0 Å². The Bertz CT molecular complexity index is 477. The van der Waals surface area contributed by atoms with E-state index >= 15 is 0 Å². The van der Waals surface area contributed by atoms with E-state index in [4.69, 9.17) is 0 Å².